The molecule has 0 bridgehead atoms. The number of aryl methyl sites for hydroxylation is 2. The highest BCUT2D eigenvalue weighted by molar-refractivity contribution is 5.18. The smallest absolute Gasteiger partial charge is 0.123 e. The van der Waals surface area contributed by atoms with Crippen molar-refractivity contribution in [2.75, 3.05) is 13.6 Å². The van der Waals surface area contributed by atoms with Gasteiger partial charge in [-0.2, -0.15) is 5.10 Å². The van der Waals surface area contributed by atoms with E-state index in [2.05, 4.69) is 28.1 Å². The zero-order chi connectivity index (χ0) is 15.2. The molecule has 0 saturated carbocycles. The normalized spacial score (nSPS) is 12.6. The zero-order valence-electron chi connectivity index (χ0n) is 13.1. The average Bonchev–Trinajstić information content (AvgIpc) is 2.79. The number of nitrogens with one attached hydrogen (secondary N) is 1. The SMILES string of the molecule is CCn1nc(C)cc1CC(CNC)Cc1cccc(F)c1. The summed E-state index contributed by atoms with van der Waals surface area (Å²) in [5.74, 6) is 0.267. The van der Waals surface area contributed by atoms with Gasteiger partial charge in [0.2, 0.25) is 0 Å². The van der Waals surface area contributed by atoms with E-state index in [1.54, 1.807) is 12.1 Å². The Morgan fingerprint density at radius 1 is 1.29 bits per heavy atom. The Kier molecular flexibility index (Phi) is 5.51. The second-order valence-electron chi connectivity index (χ2n) is 5.55. The van der Waals surface area contributed by atoms with Crippen LogP contribution in [0.25, 0.3) is 0 Å². The van der Waals surface area contributed by atoms with Gasteiger partial charge in [0.1, 0.15) is 5.82 Å². The molecule has 21 heavy (non-hydrogen) atoms. The molecular formula is C17H24FN3. The molecule has 0 fully saturated rings. The largest absolute Gasteiger partial charge is 0.319 e. The van der Waals surface area contributed by atoms with E-state index in [1.165, 1.54) is 11.8 Å². The van der Waals surface area contributed by atoms with Crippen molar-refractivity contribution in [2.45, 2.75) is 33.2 Å². The summed E-state index contributed by atoms with van der Waals surface area (Å²) >= 11 is 0. The van der Waals surface area contributed by atoms with E-state index in [0.29, 0.717) is 5.92 Å². The van der Waals surface area contributed by atoms with E-state index in [4.69, 9.17) is 0 Å². The molecule has 0 saturated heterocycles. The van der Waals surface area contributed by atoms with Gasteiger partial charge >= 0.3 is 0 Å². The van der Waals surface area contributed by atoms with Crippen LogP contribution in [0.1, 0.15) is 23.9 Å². The molecule has 0 aliphatic carbocycles. The van der Waals surface area contributed by atoms with Gasteiger partial charge in [-0.15, -0.1) is 0 Å². The molecule has 0 spiro atoms. The van der Waals surface area contributed by atoms with Gasteiger partial charge in [0.25, 0.3) is 0 Å². The summed E-state index contributed by atoms with van der Waals surface area (Å²) in [5.41, 5.74) is 3.36. The van der Waals surface area contributed by atoms with Crippen LogP contribution in [0.5, 0.6) is 0 Å². The third-order valence-electron chi connectivity index (χ3n) is 3.69. The monoisotopic (exact) mass is 289 g/mol. The molecule has 2 aromatic rings. The first-order chi connectivity index (χ1) is 10.1. The zero-order valence-corrected chi connectivity index (χ0v) is 13.1. The highest BCUT2D eigenvalue weighted by Crippen LogP contribution is 2.16. The Hall–Kier alpha value is -1.68. The molecule has 0 aliphatic heterocycles. The number of rotatable bonds is 7. The first-order valence-corrected chi connectivity index (χ1v) is 7.54. The second kappa shape index (κ2) is 7.36. The summed E-state index contributed by atoms with van der Waals surface area (Å²) < 4.78 is 15.4. The maximum Gasteiger partial charge on any atom is 0.123 e. The molecule has 1 aromatic carbocycles. The third kappa shape index (κ3) is 4.39. The van der Waals surface area contributed by atoms with E-state index in [0.717, 1.165) is 37.2 Å². The van der Waals surface area contributed by atoms with Gasteiger partial charge in [0.05, 0.1) is 5.69 Å². The fourth-order valence-corrected chi connectivity index (χ4v) is 2.84. The lowest BCUT2D eigenvalue weighted by Crippen LogP contribution is -2.24. The maximum atomic E-state index is 13.3. The topological polar surface area (TPSA) is 29.9 Å². The number of halogens is 1. The molecule has 0 aliphatic rings. The van der Waals surface area contributed by atoms with Crippen molar-refractivity contribution < 1.29 is 4.39 Å². The number of aromatic nitrogens is 2. The lowest BCUT2D eigenvalue weighted by molar-refractivity contribution is 0.468. The summed E-state index contributed by atoms with van der Waals surface area (Å²) in [6.07, 6.45) is 1.82. The Morgan fingerprint density at radius 3 is 2.76 bits per heavy atom. The summed E-state index contributed by atoms with van der Waals surface area (Å²) in [6.45, 7) is 5.92. The van der Waals surface area contributed by atoms with Gasteiger partial charge in [-0.1, -0.05) is 12.1 Å². The van der Waals surface area contributed by atoms with Gasteiger partial charge in [-0.05, 0) is 70.0 Å². The van der Waals surface area contributed by atoms with Crippen molar-refractivity contribution in [3.05, 3.63) is 53.1 Å². The molecule has 4 heteroatoms. The molecule has 114 valence electrons. The van der Waals surface area contributed by atoms with Crippen LogP contribution in [0, 0.1) is 18.7 Å². The van der Waals surface area contributed by atoms with Crippen LogP contribution in [0.4, 0.5) is 4.39 Å². The maximum absolute atomic E-state index is 13.3. The van der Waals surface area contributed by atoms with Crippen molar-refractivity contribution in [2.24, 2.45) is 5.92 Å². The Balaban J connectivity index is 2.11. The number of hydrogen-bond acceptors (Lipinski definition) is 2. The van der Waals surface area contributed by atoms with E-state index >= 15 is 0 Å². The predicted molar refractivity (Wildman–Crippen MR) is 83.9 cm³/mol. The summed E-state index contributed by atoms with van der Waals surface area (Å²) in [6, 6.07) is 9.05. The van der Waals surface area contributed by atoms with Crippen LogP contribution < -0.4 is 5.32 Å². The minimum Gasteiger partial charge on any atom is -0.319 e. The summed E-state index contributed by atoms with van der Waals surface area (Å²) in [4.78, 5) is 0. The molecule has 2 rings (SSSR count). The quantitative estimate of drug-likeness (QED) is 0.849. The van der Waals surface area contributed by atoms with Crippen LogP contribution in [-0.2, 0) is 19.4 Å². The molecule has 0 radical (unpaired) electrons. The molecule has 3 nitrogen and oxygen atoms in total. The van der Waals surface area contributed by atoms with E-state index in [-0.39, 0.29) is 5.82 Å². The molecule has 1 atom stereocenters. The molecule has 1 heterocycles. The highest BCUT2D eigenvalue weighted by atomic mass is 19.1. The van der Waals surface area contributed by atoms with Gasteiger partial charge in [-0.3, -0.25) is 4.68 Å². The number of hydrogen-bond donors (Lipinski definition) is 1. The van der Waals surface area contributed by atoms with Crippen LogP contribution >= 0.6 is 0 Å². The van der Waals surface area contributed by atoms with Gasteiger partial charge in [0, 0.05) is 12.2 Å². The lowest BCUT2D eigenvalue weighted by Gasteiger charge is -2.17. The van der Waals surface area contributed by atoms with Crippen molar-refractivity contribution in [1.29, 1.82) is 0 Å². The van der Waals surface area contributed by atoms with Crippen LogP contribution in [0.15, 0.2) is 30.3 Å². The predicted octanol–water partition coefficient (Wildman–Crippen LogP) is 2.97. The standard InChI is InChI=1S/C17H24FN3/c1-4-21-17(8-13(2)20-21)11-15(12-19-3)9-14-6-5-7-16(18)10-14/h5-8,10,15,19H,4,9,11-12H2,1-3H3. The molecule has 1 unspecified atom stereocenters. The Bertz CT molecular complexity index is 577. The first-order valence-electron chi connectivity index (χ1n) is 7.54. The van der Waals surface area contributed by atoms with Gasteiger partial charge in [-0.25, -0.2) is 4.39 Å². The molecule has 1 aromatic heterocycles. The summed E-state index contributed by atoms with van der Waals surface area (Å²) in [7, 11) is 1.96. The first kappa shape index (κ1) is 15.7. The molecule has 1 N–H and O–H groups in total. The third-order valence-corrected chi connectivity index (χ3v) is 3.69. The van der Waals surface area contributed by atoms with Crippen LogP contribution in [0.2, 0.25) is 0 Å². The Labute approximate surface area is 126 Å². The van der Waals surface area contributed by atoms with Gasteiger partial charge < -0.3 is 5.32 Å². The van der Waals surface area contributed by atoms with Crippen molar-refractivity contribution in [3.8, 4) is 0 Å². The number of nitrogens with zero attached hydrogens (tertiary/aromatic N) is 2. The van der Waals surface area contributed by atoms with Crippen LogP contribution in [-0.4, -0.2) is 23.4 Å². The van der Waals surface area contributed by atoms with E-state index < -0.39 is 0 Å². The highest BCUT2D eigenvalue weighted by Gasteiger charge is 2.14. The van der Waals surface area contributed by atoms with Crippen molar-refractivity contribution >= 4 is 0 Å². The summed E-state index contributed by atoms with van der Waals surface area (Å²) in [5, 5.41) is 7.74. The second-order valence-corrected chi connectivity index (χ2v) is 5.55. The van der Waals surface area contributed by atoms with Crippen LogP contribution in [0.3, 0.4) is 0 Å². The minimum atomic E-state index is -0.162. The van der Waals surface area contributed by atoms with Crippen molar-refractivity contribution in [1.82, 2.24) is 15.1 Å². The fourth-order valence-electron chi connectivity index (χ4n) is 2.84. The fraction of sp³-hybridized carbons (Fsp3) is 0.471. The number of benzene rings is 1. The Morgan fingerprint density at radius 2 is 2.10 bits per heavy atom. The van der Waals surface area contributed by atoms with E-state index in [1.807, 2.05) is 20.0 Å². The van der Waals surface area contributed by atoms with Gasteiger partial charge in [0.15, 0.2) is 0 Å². The van der Waals surface area contributed by atoms with E-state index in [9.17, 15) is 4.39 Å². The molecule has 0 amide bonds. The molecular weight excluding hydrogens is 265 g/mol. The van der Waals surface area contributed by atoms with Crippen molar-refractivity contribution in [3.63, 3.8) is 0 Å². The lowest BCUT2D eigenvalue weighted by atomic mass is 9.94. The minimum absolute atomic E-state index is 0.162. The average molecular weight is 289 g/mol.